The maximum atomic E-state index is 5.68. The fourth-order valence-electron chi connectivity index (χ4n) is 1.09. The molecule has 12 heavy (non-hydrogen) atoms. The van der Waals surface area contributed by atoms with E-state index in [9.17, 15) is 0 Å². The second kappa shape index (κ2) is 2.44. The average molecular weight is 157 g/mol. The average Bonchev–Trinajstić information content (AvgIpc) is 2.07. The lowest BCUT2D eigenvalue weighted by Crippen LogP contribution is -1.94. The molecule has 1 heterocycles. The van der Waals surface area contributed by atoms with E-state index in [-0.39, 0.29) is 5.95 Å². The Kier molecular flexibility index (Phi) is 1.43. The van der Waals surface area contributed by atoms with Crippen LogP contribution in [-0.4, -0.2) is 9.97 Å². The van der Waals surface area contributed by atoms with Gasteiger partial charge in [0.2, 0.25) is 5.95 Å². The lowest BCUT2D eigenvalue weighted by molar-refractivity contribution is 1.23. The highest BCUT2D eigenvalue weighted by atomic mass is 15.0. The summed E-state index contributed by atoms with van der Waals surface area (Å²) in [6.45, 7) is 5.68. The van der Waals surface area contributed by atoms with Crippen LogP contribution in [-0.2, 0) is 0 Å². The SMILES string of the molecule is [CH]c1cccc2cnc(N)nc12. The summed E-state index contributed by atoms with van der Waals surface area (Å²) in [5.74, 6) is 0.250. The van der Waals surface area contributed by atoms with Crippen LogP contribution < -0.4 is 5.73 Å². The number of nitrogen functional groups attached to an aromatic ring is 1. The topological polar surface area (TPSA) is 51.8 Å². The molecule has 3 nitrogen and oxygen atoms in total. The largest absolute Gasteiger partial charge is 0.368 e. The maximum Gasteiger partial charge on any atom is 0.220 e. The van der Waals surface area contributed by atoms with Crippen LogP contribution in [0.15, 0.2) is 24.4 Å². The summed E-state index contributed by atoms with van der Waals surface area (Å²) in [6, 6.07) is 5.54. The molecule has 0 saturated heterocycles. The standard InChI is InChI=1S/C9H7N3/c1-6-3-2-4-7-5-11-9(10)12-8(6)7/h1-5H,(H2,10,11,12). The van der Waals surface area contributed by atoms with Crippen molar-refractivity contribution in [2.75, 3.05) is 5.73 Å². The van der Waals surface area contributed by atoms with Crippen LogP contribution in [0, 0.1) is 6.92 Å². The molecule has 0 aliphatic heterocycles. The summed E-state index contributed by atoms with van der Waals surface area (Å²) in [5, 5.41) is 0.907. The van der Waals surface area contributed by atoms with Crippen molar-refractivity contribution in [1.29, 1.82) is 0 Å². The van der Waals surface area contributed by atoms with E-state index in [0.29, 0.717) is 11.1 Å². The Morgan fingerprint density at radius 1 is 1.33 bits per heavy atom. The predicted octanol–water partition coefficient (Wildman–Crippen LogP) is 1.27. The van der Waals surface area contributed by atoms with Crippen molar-refractivity contribution < 1.29 is 0 Å². The maximum absolute atomic E-state index is 5.68. The number of rotatable bonds is 0. The number of nitrogens with two attached hydrogens (primary N) is 1. The molecule has 0 unspecified atom stereocenters. The molecule has 0 aliphatic rings. The van der Waals surface area contributed by atoms with Crippen LogP contribution in [0.2, 0.25) is 0 Å². The Balaban J connectivity index is 2.88. The zero-order chi connectivity index (χ0) is 8.55. The second-order valence-electron chi connectivity index (χ2n) is 2.51. The molecule has 0 bridgehead atoms. The molecule has 2 radical (unpaired) electrons. The predicted molar refractivity (Wildman–Crippen MR) is 47.4 cm³/mol. The molecule has 2 N–H and O–H groups in total. The van der Waals surface area contributed by atoms with Gasteiger partial charge in [0.1, 0.15) is 0 Å². The van der Waals surface area contributed by atoms with E-state index >= 15 is 0 Å². The number of hydrogen-bond acceptors (Lipinski definition) is 3. The first kappa shape index (κ1) is 7.03. The van der Waals surface area contributed by atoms with E-state index in [1.165, 1.54) is 0 Å². The molecule has 0 aliphatic carbocycles. The van der Waals surface area contributed by atoms with Gasteiger partial charge < -0.3 is 5.73 Å². The van der Waals surface area contributed by atoms with Crippen molar-refractivity contribution in [1.82, 2.24) is 9.97 Å². The first-order chi connectivity index (χ1) is 5.77. The van der Waals surface area contributed by atoms with Crippen molar-refractivity contribution in [3.05, 3.63) is 36.9 Å². The molecule has 0 amide bonds. The monoisotopic (exact) mass is 157 g/mol. The van der Waals surface area contributed by atoms with Crippen molar-refractivity contribution in [3.63, 3.8) is 0 Å². The zero-order valence-corrected chi connectivity index (χ0v) is 6.36. The third kappa shape index (κ3) is 0.993. The number of benzene rings is 1. The molecular formula is C9H7N3. The summed E-state index contributed by atoms with van der Waals surface area (Å²) in [5.41, 5.74) is 6.75. The Morgan fingerprint density at radius 3 is 3.00 bits per heavy atom. The van der Waals surface area contributed by atoms with Crippen LogP contribution in [0.5, 0.6) is 0 Å². The molecule has 1 aromatic carbocycles. The summed E-state index contributed by atoms with van der Waals surface area (Å²) in [4.78, 5) is 7.88. The first-order valence-electron chi connectivity index (χ1n) is 3.54. The summed E-state index contributed by atoms with van der Waals surface area (Å²) in [6.07, 6.45) is 1.66. The first-order valence-corrected chi connectivity index (χ1v) is 3.54. The second-order valence-corrected chi connectivity index (χ2v) is 2.51. The van der Waals surface area contributed by atoms with Gasteiger partial charge in [-0.15, -0.1) is 0 Å². The van der Waals surface area contributed by atoms with Gasteiger partial charge in [0, 0.05) is 18.5 Å². The minimum atomic E-state index is 0.250. The van der Waals surface area contributed by atoms with Crippen LogP contribution in [0.1, 0.15) is 5.56 Å². The van der Waals surface area contributed by atoms with Gasteiger partial charge in [0.25, 0.3) is 0 Å². The molecular weight excluding hydrogens is 150 g/mol. The number of hydrogen-bond donors (Lipinski definition) is 1. The highest BCUT2D eigenvalue weighted by Gasteiger charge is 1.98. The third-order valence-corrected chi connectivity index (χ3v) is 1.66. The van der Waals surface area contributed by atoms with Crippen LogP contribution in [0.3, 0.4) is 0 Å². The van der Waals surface area contributed by atoms with Gasteiger partial charge >= 0.3 is 0 Å². The molecule has 0 spiro atoms. The zero-order valence-electron chi connectivity index (χ0n) is 6.36. The van der Waals surface area contributed by atoms with E-state index < -0.39 is 0 Å². The molecule has 1 aromatic heterocycles. The Bertz CT molecular complexity index is 423. The van der Waals surface area contributed by atoms with Gasteiger partial charge in [-0.25, -0.2) is 9.97 Å². The van der Waals surface area contributed by atoms with Crippen LogP contribution in [0.4, 0.5) is 5.95 Å². The Labute approximate surface area is 70.3 Å². The van der Waals surface area contributed by atoms with Crippen molar-refractivity contribution >= 4 is 16.9 Å². The highest BCUT2D eigenvalue weighted by molar-refractivity contribution is 5.82. The number of anilines is 1. The smallest absolute Gasteiger partial charge is 0.220 e. The van der Waals surface area contributed by atoms with E-state index in [1.54, 1.807) is 12.3 Å². The third-order valence-electron chi connectivity index (χ3n) is 1.66. The summed E-state index contributed by atoms with van der Waals surface area (Å²) < 4.78 is 0. The van der Waals surface area contributed by atoms with Gasteiger partial charge in [-0.2, -0.15) is 0 Å². The Morgan fingerprint density at radius 2 is 2.17 bits per heavy atom. The van der Waals surface area contributed by atoms with Crippen molar-refractivity contribution in [3.8, 4) is 0 Å². The van der Waals surface area contributed by atoms with Crippen molar-refractivity contribution in [2.45, 2.75) is 0 Å². The fourth-order valence-corrected chi connectivity index (χ4v) is 1.09. The summed E-state index contributed by atoms with van der Waals surface area (Å²) in [7, 11) is 0. The fraction of sp³-hybridized carbons (Fsp3) is 0. The Hall–Kier alpha value is -1.64. The summed E-state index contributed by atoms with van der Waals surface area (Å²) >= 11 is 0. The normalized spacial score (nSPS) is 10.4. The number of nitrogens with zero attached hydrogens (tertiary/aromatic N) is 2. The highest BCUT2D eigenvalue weighted by Crippen LogP contribution is 2.14. The van der Waals surface area contributed by atoms with Gasteiger partial charge in [-0.3, -0.25) is 0 Å². The lowest BCUT2D eigenvalue weighted by Gasteiger charge is -1.99. The molecule has 0 atom stereocenters. The molecule has 0 saturated carbocycles. The molecule has 2 rings (SSSR count). The van der Waals surface area contributed by atoms with Crippen molar-refractivity contribution in [2.24, 2.45) is 0 Å². The lowest BCUT2D eigenvalue weighted by atomic mass is 10.1. The molecule has 2 aromatic rings. The molecule has 58 valence electrons. The van der Waals surface area contributed by atoms with Gasteiger partial charge in [0.15, 0.2) is 0 Å². The van der Waals surface area contributed by atoms with E-state index in [0.717, 1.165) is 5.39 Å². The number of para-hydroxylation sites is 1. The number of fused-ring (bicyclic) bond motifs is 1. The minimum absolute atomic E-state index is 0.250. The molecule has 0 fully saturated rings. The van der Waals surface area contributed by atoms with E-state index in [2.05, 4.69) is 9.97 Å². The van der Waals surface area contributed by atoms with Gasteiger partial charge in [0.05, 0.1) is 5.52 Å². The van der Waals surface area contributed by atoms with Gasteiger partial charge in [-0.05, 0) is 5.56 Å². The van der Waals surface area contributed by atoms with E-state index in [4.69, 9.17) is 12.7 Å². The molecule has 3 heteroatoms. The quantitative estimate of drug-likeness (QED) is 0.626. The van der Waals surface area contributed by atoms with Crippen LogP contribution in [0.25, 0.3) is 10.9 Å². The minimum Gasteiger partial charge on any atom is -0.368 e. The number of aromatic nitrogens is 2. The van der Waals surface area contributed by atoms with Crippen LogP contribution >= 0.6 is 0 Å². The van der Waals surface area contributed by atoms with Gasteiger partial charge in [-0.1, -0.05) is 18.2 Å². The van der Waals surface area contributed by atoms with E-state index in [1.807, 2.05) is 12.1 Å².